The SMILES string of the molecule is CCCN(C)c1cc(C)c(C)cc1C. The number of anilines is 1. The van der Waals surface area contributed by atoms with Crippen LogP contribution in [0, 0.1) is 20.8 Å². The van der Waals surface area contributed by atoms with Crippen LogP contribution >= 0.6 is 0 Å². The maximum Gasteiger partial charge on any atom is 0.0396 e. The predicted molar refractivity (Wildman–Crippen MR) is 64.2 cm³/mol. The Balaban J connectivity index is 3.02. The molecule has 1 heteroatoms. The van der Waals surface area contributed by atoms with E-state index >= 15 is 0 Å². The molecule has 0 N–H and O–H groups in total. The van der Waals surface area contributed by atoms with E-state index in [1.807, 2.05) is 0 Å². The third-order valence-corrected chi connectivity index (χ3v) is 2.78. The molecule has 14 heavy (non-hydrogen) atoms. The van der Waals surface area contributed by atoms with Gasteiger partial charge in [-0.15, -0.1) is 0 Å². The molecule has 0 aliphatic carbocycles. The minimum absolute atomic E-state index is 1.13. The molecular formula is C13H21N. The Bertz CT molecular complexity index is 315. The summed E-state index contributed by atoms with van der Waals surface area (Å²) in [5, 5.41) is 0. The highest BCUT2D eigenvalue weighted by Crippen LogP contribution is 2.23. The summed E-state index contributed by atoms with van der Waals surface area (Å²) in [6, 6.07) is 4.57. The van der Waals surface area contributed by atoms with Crippen molar-refractivity contribution in [2.75, 3.05) is 18.5 Å². The van der Waals surface area contributed by atoms with Crippen LogP contribution in [0.3, 0.4) is 0 Å². The number of rotatable bonds is 3. The number of benzene rings is 1. The zero-order valence-corrected chi connectivity index (χ0v) is 10.0. The Hall–Kier alpha value is -0.980. The summed E-state index contributed by atoms with van der Waals surface area (Å²) < 4.78 is 0. The molecule has 0 saturated heterocycles. The van der Waals surface area contributed by atoms with Gasteiger partial charge in [-0.3, -0.25) is 0 Å². The van der Waals surface area contributed by atoms with E-state index in [1.165, 1.54) is 28.8 Å². The van der Waals surface area contributed by atoms with Crippen LogP contribution in [0.4, 0.5) is 5.69 Å². The molecule has 1 aromatic carbocycles. The van der Waals surface area contributed by atoms with Crippen molar-refractivity contribution in [2.24, 2.45) is 0 Å². The van der Waals surface area contributed by atoms with Crippen molar-refractivity contribution in [3.8, 4) is 0 Å². The Morgan fingerprint density at radius 2 is 1.57 bits per heavy atom. The smallest absolute Gasteiger partial charge is 0.0396 e. The Labute approximate surface area is 87.7 Å². The van der Waals surface area contributed by atoms with Gasteiger partial charge in [0.05, 0.1) is 0 Å². The molecule has 0 atom stereocenters. The molecule has 0 aromatic heterocycles. The second-order valence-corrected chi connectivity index (χ2v) is 4.14. The first-order valence-electron chi connectivity index (χ1n) is 5.35. The molecule has 78 valence electrons. The van der Waals surface area contributed by atoms with Gasteiger partial charge in [-0.25, -0.2) is 0 Å². The fraction of sp³-hybridized carbons (Fsp3) is 0.538. The summed E-state index contributed by atoms with van der Waals surface area (Å²) in [6.07, 6.45) is 1.20. The third kappa shape index (κ3) is 2.28. The van der Waals surface area contributed by atoms with E-state index in [9.17, 15) is 0 Å². The maximum absolute atomic E-state index is 2.34. The van der Waals surface area contributed by atoms with Crippen LogP contribution in [0.1, 0.15) is 30.0 Å². The van der Waals surface area contributed by atoms with Gasteiger partial charge < -0.3 is 4.90 Å². The van der Waals surface area contributed by atoms with Crippen LogP contribution in [0.25, 0.3) is 0 Å². The van der Waals surface area contributed by atoms with Gasteiger partial charge in [0.2, 0.25) is 0 Å². The highest BCUT2D eigenvalue weighted by molar-refractivity contribution is 5.56. The lowest BCUT2D eigenvalue weighted by molar-refractivity contribution is 0.848. The minimum Gasteiger partial charge on any atom is -0.374 e. The molecule has 0 amide bonds. The van der Waals surface area contributed by atoms with Crippen molar-refractivity contribution in [3.05, 3.63) is 28.8 Å². The monoisotopic (exact) mass is 191 g/mol. The number of nitrogens with zero attached hydrogens (tertiary/aromatic N) is 1. The molecule has 0 fully saturated rings. The number of aryl methyl sites for hydroxylation is 3. The molecule has 0 spiro atoms. The zero-order chi connectivity index (χ0) is 10.7. The van der Waals surface area contributed by atoms with E-state index in [0.717, 1.165) is 6.54 Å². The van der Waals surface area contributed by atoms with Gasteiger partial charge in [-0.1, -0.05) is 13.0 Å². The molecule has 0 radical (unpaired) electrons. The molecular weight excluding hydrogens is 170 g/mol. The first-order chi connectivity index (χ1) is 6.56. The molecule has 1 nitrogen and oxygen atoms in total. The van der Waals surface area contributed by atoms with E-state index in [1.54, 1.807) is 0 Å². The van der Waals surface area contributed by atoms with Gasteiger partial charge in [0, 0.05) is 19.3 Å². The Morgan fingerprint density at radius 3 is 2.14 bits per heavy atom. The summed E-state index contributed by atoms with van der Waals surface area (Å²) in [4.78, 5) is 2.34. The molecule has 0 aliphatic heterocycles. The zero-order valence-electron chi connectivity index (χ0n) is 10.0. The highest BCUT2D eigenvalue weighted by atomic mass is 15.1. The molecule has 0 aliphatic rings. The molecule has 0 heterocycles. The van der Waals surface area contributed by atoms with Crippen LogP contribution in [0.15, 0.2) is 12.1 Å². The van der Waals surface area contributed by atoms with Crippen LogP contribution in [0.2, 0.25) is 0 Å². The van der Waals surface area contributed by atoms with Crippen molar-refractivity contribution in [2.45, 2.75) is 34.1 Å². The fourth-order valence-electron chi connectivity index (χ4n) is 1.81. The summed E-state index contributed by atoms with van der Waals surface area (Å²) in [5.41, 5.74) is 5.52. The van der Waals surface area contributed by atoms with Crippen LogP contribution in [0.5, 0.6) is 0 Å². The number of hydrogen-bond donors (Lipinski definition) is 0. The van der Waals surface area contributed by atoms with E-state index in [-0.39, 0.29) is 0 Å². The van der Waals surface area contributed by atoms with Crippen molar-refractivity contribution >= 4 is 5.69 Å². The lowest BCUT2D eigenvalue weighted by Crippen LogP contribution is -2.18. The van der Waals surface area contributed by atoms with E-state index in [2.05, 4.69) is 51.8 Å². The fourth-order valence-corrected chi connectivity index (χ4v) is 1.81. The van der Waals surface area contributed by atoms with Crippen LogP contribution in [-0.2, 0) is 0 Å². The average Bonchev–Trinajstić information content (AvgIpc) is 2.11. The van der Waals surface area contributed by atoms with E-state index < -0.39 is 0 Å². The average molecular weight is 191 g/mol. The topological polar surface area (TPSA) is 3.24 Å². The Kier molecular flexibility index (Phi) is 3.56. The van der Waals surface area contributed by atoms with Crippen LogP contribution < -0.4 is 4.90 Å². The largest absolute Gasteiger partial charge is 0.374 e. The molecule has 0 bridgehead atoms. The van der Waals surface area contributed by atoms with Gasteiger partial charge in [0.1, 0.15) is 0 Å². The lowest BCUT2D eigenvalue weighted by Gasteiger charge is -2.22. The second-order valence-electron chi connectivity index (χ2n) is 4.14. The van der Waals surface area contributed by atoms with Gasteiger partial charge in [0.25, 0.3) is 0 Å². The molecule has 0 saturated carbocycles. The van der Waals surface area contributed by atoms with E-state index in [0.29, 0.717) is 0 Å². The normalized spacial score (nSPS) is 10.4. The summed E-state index contributed by atoms with van der Waals surface area (Å²) in [5.74, 6) is 0. The predicted octanol–water partition coefficient (Wildman–Crippen LogP) is 3.46. The van der Waals surface area contributed by atoms with Crippen LogP contribution in [-0.4, -0.2) is 13.6 Å². The first-order valence-corrected chi connectivity index (χ1v) is 5.35. The van der Waals surface area contributed by atoms with Crippen molar-refractivity contribution in [3.63, 3.8) is 0 Å². The number of hydrogen-bond acceptors (Lipinski definition) is 1. The molecule has 1 aromatic rings. The summed E-state index contributed by atoms with van der Waals surface area (Å²) in [7, 11) is 2.17. The van der Waals surface area contributed by atoms with Gasteiger partial charge in [0.15, 0.2) is 0 Å². The molecule has 0 unspecified atom stereocenters. The van der Waals surface area contributed by atoms with Gasteiger partial charge in [-0.05, 0) is 49.9 Å². The standard InChI is InChI=1S/C13H21N/c1-6-7-14(5)13-9-11(3)10(2)8-12(13)4/h8-9H,6-7H2,1-5H3. The van der Waals surface area contributed by atoms with Gasteiger partial charge >= 0.3 is 0 Å². The minimum atomic E-state index is 1.13. The first kappa shape index (κ1) is 11.1. The quantitative estimate of drug-likeness (QED) is 0.707. The highest BCUT2D eigenvalue weighted by Gasteiger charge is 2.05. The van der Waals surface area contributed by atoms with Gasteiger partial charge in [-0.2, -0.15) is 0 Å². The summed E-state index contributed by atoms with van der Waals surface area (Å²) >= 11 is 0. The Morgan fingerprint density at radius 1 is 1.00 bits per heavy atom. The molecule has 1 rings (SSSR count). The second kappa shape index (κ2) is 4.50. The summed E-state index contributed by atoms with van der Waals surface area (Å²) in [6.45, 7) is 9.88. The van der Waals surface area contributed by atoms with Crippen molar-refractivity contribution in [1.82, 2.24) is 0 Å². The van der Waals surface area contributed by atoms with E-state index in [4.69, 9.17) is 0 Å². The van der Waals surface area contributed by atoms with Crippen molar-refractivity contribution in [1.29, 1.82) is 0 Å². The third-order valence-electron chi connectivity index (χ3n) is 2.78. The lowest BCUT2D eigenvalue weighted by atomic mass is 10.0. The maximum atomic E-state index is 2.34. The van der Waals surface area contributed by atoms with Crippen molar-refractivity contribution < 1.29 is 0 Å².